The molecule has 3 aliphatic carbocycles. The molecule has 0 amide bonds. The molecule has 6 rings (SSSR count). The summed E-state index contributed by atoms with van der Waals surface area (Å²) in [6.07, 6.45) is 19.8. The zero-order valence-corrected chi connectivity index (χ0v) is 16.1. The van der Waals surface area contributed by atoms with Gasteiger partial charge in [-0.05, 0) is 68.3 Å². The fourth-order valence-corrected chi connectivity index (χ4v) is 6.05. The molecule has 1 saturated heterocycles. The van der Waals surface area contributed by atoms with Crippen molar-refractivity contribution in [2.75, 3.05) is 13.2 Å². The molecule has 0 N–H and O–H groups in total. The molecule has 3 fully saturated rings. The number of ether oxygens (including phenoxy) is 1. The van der Waals surface area contributed by atoms with E-state index in [1.54, 1.807) is 0 Å². The van der Waals surface area contributed by atoms with Gasteiger partial charge in [0.05, 0.1) is 23.3 Å². The van der Waals surface area contributed by atoms with Crippen molar-refractivity contribution in [1.29, 1.82) is 0 Å². The van der Waals surface area contributed by atoms with Crippen LogP contribution in [0.3, 0.4) is 0 Å². The quantitative estimate of drug-likeness (QED) is 0.760. The molecule has 4 nitrogen and oxygen atoms in total. The highest BCUT2D eigenvalue weighted by molar-refractivity contribution is 5.73. The molecule has 3 heterocycles. The van der Waals surface area contributed by atoms with Crippen LogP contribution in [0, 0.1) is 11.3 Å². The van der Waals surface area contributed by atoms with Crippen molar-refractivity contribution in [1.82, 2.24) is 14.4 Å². The van der Waals surface area contributed by atoms with E-state index in [9.17, 15) is 0 Å². The predicted molar refractivity (Wildman–Crippen MR) is 106 cm³/mol. The van der Waals surface area contributed by atoms with Crippen LogP contribution in [0.5, 0.6) is 0 Å². The first-order valence-electron chi connectivity index (χ1n) is 11.0. The molecule has 0 atom stereocenters. The van der Waals surface area contributed by atoms with Crippen LogP contribution in [0.2, 0.25) is 0 Å². The fourth-order valence-electron chi connectivity index (χ4n) is 6.05. The van der Waals surface area contributed by atoms with Gasteiger partial charge in [-0.1, -0.05) is 12.5 Å². The molecule has 1 aliphatic heterocycles. The number of allylic oxidation sites excluding steroid dienone is 2. The molecule has 0 bridgehead atoms. The van der Waals surface area contributed by atoms with Crippen molar-refractivity contribution in [3.05, 3.63) is 35.6 Å². The van der Waals surface area contributed by atoms with E-state index in [2.05, 4.69) is 16.7 Å². The molecular weight excluding hydrogens is 334 g/mol. The van der Waals surface area contributed by atoms with Crippen LogP contribution in [-0.2, 0) is 11.2 Å². The van der Waals surface area contributed by atoms with Gasteiger partial charge in [0.2, 0.25) is 0 Å². The summed E-state index contributed by atoms with van der Waals surface area (Å²) in [5.74, 6) is 1.26. The molecule has 1 spiro atoms. The van der Waals surface area contributed by atoms with E-state index in [0.717, 1.165) is 43.5 Å². The fraction of sp³-hybridized carbons (Fsp3) is 0.652. The lowest BCUT2D eigenvalue weighted by molar-refractivity contribution is 0.0688. The summed E-state index contributed by atoms with van der Waals surface area (Å²) in [4.78, 5) is 9.80. The van der Waals surface area contributed by atoms with Crippen LogP contribution < -0.4 is 0 Å². The first-order chi connectivity index (χ1) is 13.3. The number of nitrogens with zero attached hydrogens (tertiary/aromatic N) is 3. The van der Waals surface area contributed by atoms with Gasteiger partial charge in [-0.25, -0.2) is 4.98 Å². The van der Waals surface area contributed by atoms with E-state index in [4.69, 9.17) is 14.7 Å². The smallest absolute Gasteiger partial charge is 0.156 e. The number of imidazole rings is 1. The van der Waals surface area contributed by atoms with E-state index in [-0.39, 0.29) is 0 Å². The van der Waals surface area contributed by atoms with Crippen LogP contribution in [0.25, 0.3) is 11.2 Å². The summed E-state index contributed by atoms with van der Waals surface area (Å²) < 4.78 is 7.95. The van der Waals surface area contributed by atoms with Crippen molar-refractivity contribution in [2.45, 2.75) is 70.1 Å². The molecule has 0 aromatic carbocycles. The van der Waals surface area contributed by atoms with Gasteiger partial charge in [-0.2, -0.15) is 0 Å². The zero-order valence-electron chi connectivity index (χ0n) is 16.1. The SMILES string of the molecule is C1=C(C2CCOCC2)c2c(ncc3nc(C4CCC5(CCC5)CC4)cn23)C1. The Hall–Kier alpha value is -1.68. The maximum absolute atomic E-state index is 5.59. The second-order valence-corrected chi connectivity index (χ2v) is 9.33. The molecule has 0 unspecified atom stereocenters. The maximum Gasteiger partial charge on any atom is 0.156 e. The van der Waals surface area contributed by atoms with Gasteiger partial charge >= 0.3 is 0 Å². The lowest BCUT2D eigenvalue weighted by Gasteiger charge is -2.46. The van der Waals surface area contributed by atoms with Crippen molar-refractivity contribution >= 4 is 11.2 Å². The summed E-state index contributed by atoms with van der Waals surface area (Å²) in [7, 11) is 0. The Labute approximate surface area is 161 Å². The van der Waals surface area contributed by atoms with E-state index in [1.165, 1.54) is 67.6 Å². The molecular formula is C23H29N3O. The zero-order chi connectivity index (χ0) is 17.8. The van der Waals surface area contributed by atoms with Crippen LogP contribution in [0.1, 0.15) is 80.8 Å². The average molecular weight is 364 g/mol. The summed E-state index contributed by atoms with van der Waals surface area (Å²) in [5, 5.41) is 0. The van der Waals surface area contributed by atoms with Gasteiger partial charge in [0.25, 0.3) is 0 Å². The molecule has 2 aromatic rings. The van der Waals surface area contributed by atoms with Crippen LogP contribution in [-0.4, -0.2) is 27.6 Å². The number of rotatable bonds is 2. The third kappa shape index (κ3) is 2.60. The van der Waals surface area contributed by atoms with Gasteiger partial charge in [0.15, 0.2) is 5.65 Å². The Balaban J connectivity index is 1.32. The van der Waals surface area contributed by atoms with Gasteiger partial charge in [-0.3, -0.25) is 9.38 Å². The normalized spacial score (nSPS) is 25.6. The molecule has 27 heavy (non-hydrogen) atoms. The first-order valence-corrected chi connectivity index (χ1v) is 11.0. The highest BCUT2D eigenvalue weighted by Crippen LogP contribution is 2.54. The Morgan fingerprint density at radius 1 is 1.00 bits per heavy atom. The molecule has 142 valence electrons. The predicted octanol–water partition coefficient (Wildman–Crippen LogP) is 4.92. The van der Waals surface area contributed by atoms with Crippen molar-refractivity contribution in [3.8, 4) is 0 Å². The highest BCUT2D eigenvalue weighted by Gasteiger charge is 2.40. The summed E-state index contributed by atoms with van der Waals surface area (Å²) >= 11 is 0. The third-order valence-corrected chi connectivity index (χ3v) is 7.93. The van der Waals surface area contributed by atoms with Gasteiger partial charge < -0.3 is 4.74 Å². The summed E-state index contributed by atoms with van der Waals surface area (Å²) in [6, 6.07) is 0. The molecule has 4 aliphatic rings. The standard InChI is InChI=1S/C23H29N3O/c1-8-23(9-1)10-4-17(5-11-23)20-15-26-21(25-20)14-24-19-3-2-18(22(19)26)16-6-12-27-13-7-16/h2,14-17H,1,3-13H2. The van der Waals surface area contributed by atoms with Gasteiger partial charge in [-0.15, -0.1) is 0 Å². The lowest BCUT2D eigenvalue weighted by Crippen LogP contribution is -2.33. The second kappa shape index (κ2) is 6.16. The van der Waals surface area contributed by atoms with Crippen molar-refractivity contribution in [2.24, 2.45) is 11.3 Å². The lowest BCUT2D eigenvalue weighted by atomic mass is 9.59. The minimum atomic E-state index is 0.617. The third-order valence-electron chi connectivity index (χ3n) is 7.93. The van der Waals surface area contributed by atoms with Crippen LogP contribution >= 0.6 is 0 Å². The van der Waals surface area contributed by atoms with Crippen molar-refractivity contribution in [3.63, 3.8) is 0 Å². The van der Waals surface area contributed by atoms with Crippen LogP contribution in [0.15, 0.2) is 18.5 Å². The average Bonchev–Trinajstić information content (AvgIpc) is 3.31. The highest BCUT2D eigenvalue weighted by atomic mass is 16.5. The summed E-state index contributed by atoms with van der Waals surface area (Å²) in [5.41, 5.74) is 7.12. The minimum Gasteiger partial charge on any atom is -0.381 e. The molecule has 2 aromatic heterocycles. The van der Waals surface area contributed by atoms with Gasteiger partial charge in [0.1, 0.15) is 0 Å². The van der Waals surface area contributed by atoms with E-state index >= 15 is 0 Å². The minimum absolute atomic E-state index is 0.617. The maximum atomic E-state index is 5.59. The van der Waals surface area contributed by atoms with Gasteiger partial charge in [0, 0.05) is 31.7 Å². The monoisotopic (exact) mass is 363 g/mol. The van der Waals surface area contributed by atoms with Crippen molar-refractivity contribution < 1.29 is 4.74 Å². The first kappa shape index (κ1) is 16.3. The summed E-state index contributed by atoms with van der Waals surface area (Å²) in [6.45, 7) is 1.78. The molecule has 4 heteroatoms. The van der Waals surface area contributed by atoms with Crippen LogP contribution in [0.4, 0.5) is 0 Å². The number of fused-ring (bicyclic) bond motifs is 3. The van der Waals surface area contributed by atoms with E-state index < -0.39 is 0 Å². The number of aromatic nitrogens is 3. The number of hydrogen-bond donors (Lipinski definition) is 0. The molecule has 2 saturated carbocycles. The topological polar surface area (TPSA) is 39.4 Å². The Morgan fingerprint density at radius 3 is 2.56 bits per heavy atom. The second-order valence-electron chi connectivity index (χ2n) is 9.33. The Kier molecular flexibility index (Phi) is 3.72. The Bertz CT molecular complexity index is 892. The largest absolute Gasteiger partial charge is 0.381 e. The van der Waals surface area contributed by atoms with E-state index in [0.29, 0.717) is 11.8 Å². The Morgan fingerprint density at radius 2 is 1.81 bits per heavy atom. The molecule has 0 radical (unpaired) electrons. The number of hydrogen-bond acceptors (Lipinski definition) is 3. The van der Waals surface area contributed by atoms with E-state index in [1.807, 2.05) is 6.20 Å².